The molecule has 0 aliphatic heterocycles. The third-order valence-electron chi connectivity index (χ3n) is 3.00. The summed E-state index contributed by atoms with van der Waals surface area (Å²) >= 11 is 0. The van der Waals surface area contributed by atoms with E-state index in [4.69, 9.17) is 5.26 Å². The fourth-order valence-electron chi connectivity index (χ4n) is 1.88. The summed E-state index contributed by atoms with van der Waals surface area (Å²) in [5, 5.41) is 11.9. The summed E-state index contributed by atoms with van der Waals surface area (Å²) in [6.07, 6.45) is -2.86. The number of aromatic nitrogens is 1. The van der Waals surface area contributed by atoms with E-state index < -0.39 is 17.8 Å². The van der Waals surface area contributed by atoms with Gasteiger partial charge in [0.2, 0.25) is 0 Å². The monoisotopic (exact) mass is 291 g/mol. The molecule has 1 N–H and O–H groups in total. The number of hydrogen-bond donors (Lipinski definition) is 1. The zero-order valence-electron chi connectivity index (χ0n) is 11.1. The minimum absolute atomic E-state index is 0.344. The lowest BCUT2D eigenvalue weighted by atomic mass is 10.0. The third kappa shape index (κ3) is 3.51. The Morgan fingerprint density at radius 1 is 1.24 bits per heavy atom. The summed E-state index contributed by atoms with van der Waals surface area (Å²) in [5.74, 6) is 0.352. The maximum atomic E-state index is 12.7. The smallest absolute Gasteiger partial charge is 0.362 e. The van der Waals surface area contributed by atoms with Crippen molar-refractivity contribution in [1.29, 1.82) is 5.26 Å². The predicted molar refractivity (Wildman–Crippen MR) is 72.4 cm³/mol. The Bertz CT molecular complexity index is 674. The predicted octanol–water partition coefficient (Wildman–Crippen LogP) is 4.15. The highest BCUT2D eigenvalue weighted by Gasteiger charge is 2.30. The van der Waals surface area contributed by atoms with E-state index in [1.807, 2.05) is 6.07 Å². The fraction of sp³-hybridized carbons (Fsp3) is 0.200. The number of halogens is 3. The van der Waals surface area contributed by atoms with Gasteiger partial charge in [-0.2, -0.15) is 18.4 Å². The Hall–Kier alpha value is -2.55. The lowest BCUT2D eigenvalue weighted by Gasteiger charge is -2.17. The average molecular weight is 291 g/mol. The lowest BCUT2D eigenvalue weighted by molar-refractivity contribution is -0.137. The highest BCUT2D eigenvalue weighted by Crippen LogP contribution is 2.31. The Labute approximate surface area is 120 Å². The molecule has 1 atom stereocenters. The molecule has 0 unspecified atom stereocenters. The van der Waals surface area contributed by atoms with E-state index in [9.17, 15) is 13.2 Å². The Kier molecular flexibility index (Phi) is 4.13. The largest absolute Gasteiger partial charge is 0.416 e. The summed E-state index contributed by atoms with van der Waals surface area (Å²) in [4.78, 5) is 4.03. The van der Waals surface area contributed by atoms with Gasteiger partial charge in [-0.3, -0.25) is 0 Å². The molecule has 1 aromatic carbocycles. The van der Waals surface area contributed by atoms with Crippen molar-refractivity contribution >= 4 is 5.82 Å². The van der Waals surface area contributed by atoms with Crippen molar-refractivity contribution in [2.24, 2.45) is 0 Å². The molecule has 0 spiro atoms. The molecule has 0 aliphatic rings. The van der Waals surface area contributed by atoms with Crippen LogP contribution >= 0.6 is 0 Å². The topological polar surface area (TPSA) is 48.7 Å². The van der Waals surface area contributed by atoms with Gasteiger partial charge in [0.25, 0.3) is 0 Å². The molecule has 0 aliphatic carbocycles. The molecule has 0 amide bonds. The molecule has 0 fully saturated rings. The van der Waals surface area contributed by atoms with Gasteiger partial charge < -0.3 is 5.32 Å². The fourth-order valence-corrected chi connectivity index (χ4v) is 1.88. The third-order valence-corrected chi connectivity index (χ3v) is 3.00. The van der Waals surface area contributed by atoms with Gasteiger partial charge in [0.15, 0.2) is 0 Å². The second kappa shape index (κ2) is 5.83. The summed E-state index contributed by atoms with van der Waals surface area (Å²) in [5.41, 5.74) is 0.117. The first-order valence-electron chi connectivity index (χ1n) is 6.20. The van der Waals surface area contributed by atoms with Gasteiger partial charge in [-0.15, -0.1) is 0 Å². The van der Waals surface area contributed by atoms with Crippen molar-refractivity contribution in [3.8, 4) is 6.07 Å². The number of hydrogen-bond acceptors (Lipinski definition) is 3. The number of benzene rings is 1. The van der Waals surface area contributed by atoms with E-state index in [2.05, 4.69) is 10.3 Å². The Balaban J connectivity index is 2.25. The molecule has 0 bridgehead atoms. The van der Waals surface area contributed by atoms with Crippen LogP contribution in [0, 0.1) is 11.3 Å². The molecule has 108 valence electrons. The molecule has 3 nitrogen and oxygen atoms in total. The van der Waals surface area contributed by atoms with Crippen LogP contribution in [0.3, 0.4) is 0 Å². The van der Waals surface area contributed by atoms with Crippen LogP contribution in [-0.2, 0) is 6.18 Å². The maximum absolute atomic E-state index is 12.7. The number of nitrogens with one attached hydrogen (secondary N) is 1. The molecule has 21 heavy (non-hydrogen) atoms. The van der Waals surface area contributed by atoms with Crippen LogP contribution in [-0.4, -0.2) is 4.98 Å². The van der Waals surface area contributed by atoms with Crippen LogP contribution in [0.2, 0.25) is 0 Å². The minimum atomic E-state index is -4.38. The standard InChI is InChI=1S/C15H12F3N3/c1-10(21-14-12(9-19)5-3-7-20-14)11-4-2-6-13(8-11)15(16,17)18/h2-8,10H,1H3,(H,20,21)/t10-/m0/s1. The van der Waals surface area contributed by atoms with Crippen LogP contribution in [0.1, 0.15) is 29.7 Å². The molecule has 6 heteroatoms. The minimum Gasteiger partial charge on any atom is -0.362 e. The highest BCUT2D eigenvalue weighted by atomic mass is 19.4. The van der Waals surface area contributed by atoms with E-state index in [-0.39, 0.29) is 0 Å². The molecule has 2 aromatic rings. The molecule has 0 radical (unpaired) electrons. The van der Waals surface area contributed by atoms with E-state index in [0.717, 1.165) is 12.1 Å². The number of pyridine rings is 1. The van der Waals surface area contributed by atoms with E-state index in [1.165, 1.54) is 12.3 Å². The van der Waals surface area contributed by atoms with Crippen molar-refractivity contribution in [2.75, 3.05) is 5.32 Å². The molecule has 1 aromatic heterocycles. The second-order valence-electron chi connectivity index (χ2n) is 4.50. The van der Waals surface area contributed by atoms with E-state index in [1.54, 1.807) is 25.1 Å². The molecule has 0 saturated carbocycles. The van der Waals surface area contributed by atoms with Gasteiger partial charge >= 0.3 is 6.18 Å². The van der Waals surface area contributed by atoms with E-state index >= 15 is 0 Å². The summed E-state index contributed by atoms with van der Waals surface area (Å²) < 4.78 is 38.1. The first-order valence-corrected chi connectivity index (χ1v) is 6.20. The van der Waals surface area contributed by atoms with Crippen LogP contribution in [0.25, 0.3) is 0 Å². The molecule has 1 heterocycles. The van der Waals surface area contributed by atoms with Crippen molar-refractivity contribution in [3.05, 3.63) is 59.3 Å². The van der Waals surface area contributed by atoms with Crippen molar-refractivity contribution < 1.29 is 13.2 Å². The van der Waals surface area contributed by atoms with Crippen LogP contribution in [0.15, 0.2) is 42.6 Å². The van der Waals surface area contributed by atoms with Crippen LogP contribution < -0.4 is 5.32 Å². The zero-order valence-corrected chi connectivity index (χ0v) is 11.1. The number of nitrogens with zero attached hydrogens (tertiary/aromatic N) is 2. The lowest BCUT2D eigenvalue weighted by Crippen LogP contribution is -2.11. The number of alkyl halides is 3. The average Bonchev–Trinajstić information content (AvgIpc) is 2.47. The van der Waals surface area contributed by atoms with Gasteiger partial charge in [-0.05, 0) is 36.8 Å². The normalized spacial score (nSPS) is 12.5. The zero-order chi connectivity index (χ0) is 15.5. The van der Waals surface area contributed by atoms with Crippen molar-refractivity contribution in [3.63, 3.8) is 0 Å². The molecular weight excluding hydrogens is 279 g/mol. The quantitative estimate of drug-likeness (QED) is 0.924. The van der Waals surface area contributed by atoms with Gasteiger partial charge in [0.05, 0.1) is 11.1 Å². The molecule has 2 rings (SSSR count). The van der Waals surface area contributed by atoms with Crippen molar-refractivity contribution in [2.45, 2.75) is 19.1 Å². The van der Waals surface area contributed by atoms with Gasteiger partial charge in [0, 0.05) is 12.2 Å². The number of rotatable bonds is 3. The maximum Gasteiger partial charge on any atom is 0.416 e. The first-order chi connectivity index (χ1) is 9.91. The van der Waals surface area contributed by atoms with Crippen LogP contribution in [0.4, 0.5) is 19.0 Å². The molecular formula is C15H12F3N3. The van der Waals surface area contributed by atoms with Gasteiger partial charge in [-0.25, -0.2) is 4.98 Å². The number of nitriles is 1. The van der Waals surface area contributed by atoms with Crippen LogP contribution in [0.5, 0.6) is 0 Å². The van der Waals surface area contributed by atoms with E-state index in [0.29, 0.717) is 16.9 Å². The van der Waals surface area contributed by atoms with Gasteiger partial charge in [-0.1, -0.05) is 12.1 Å². The summed E-state index contributed by atoms with van der Waals surface area (Å²) in [6.45, 7) is 1.71. The Morgan fingerprint density at radius 2 is 2.00 bits per heavy atom. The SMILES string of the molecule is C[C@H](Nc1ncccc1C#N)c1cccc(C(F)(F)F)c1. The number of anilines is 1. The molecule has 0 saturated heterocycles. The van der Waals surface area contributed by atoms with Crippen molar-refractivity contribution in [1.82, 2.24) is 4.98 Å². The first kappa shape index (κ1) is 14.9. The van der Waals surface area contributed by atoms with Gasteiger partial charge in [0.1, 0.15) is 11.9 Å². The highest BCUT2D eigenvalue weighted by molar-refractivity contribution is 5.52. The summed E-state index contributed by atoms with van der Waals surface area (Å²) in [7, 11) is 0. The summed E-state index contributed by atoms with van der Waals surface area (Å²) in [6, 6.07) is 9.87. The second-order valence-corrected chi connectivity index (χ2v) is 4.50. The Morgan fingerprint density at radius 3 is 2.67 bits per heavy atom.